The number of benzene rings is 3. The van der Waals surface area contributed by atoms with Gasteiger partial charge in [-0.25, -0.2) is 18.2 Å². The first-order valence-corrected chi connectivity index (χ1v) is 13.9. The lowest BCUT2D eigenvalue weighted by Crippen LogP contribution is -2.40. The van der Waals surface area contributed by atoms with Crippen LogP contribution in [0.5, 0.6) is 11.6 Å². The van der Waals surface area contributed by atoms with Gasteiger partial charge in [-0.05, 0) is 49.6 Å². The molecule has 0 saturated carbocycles. The summed E-state index contributed by atoms with van der Waals surface area (Å²) in [6.07, 6.45) is 4.31. The number of nitrogens with one attached hydrogen (secondary N) is 1. The molecule has 1 aromatic heterocycles. The molecule has 7 nitrogen and oxygen atoms in total. The minimum Gasteiger partial charge on any atom is -0.438 e. The van der Waals surface area contributed by atoms with E-state index in [1.807, 2.05) is 24.3 Å². The summed E-state index contributed by atoms with van der Waals surface area (Å²) >= 11 is 0. The van der Waals surface area contributed by atoms with Crippen LogP contribution in [0.4, 0.5) is 30.5 Å². The topological polar surface area (TPSA) is 70.6 Å². The molecule has 0 aliphatic carbocycles. The molecule has 2 fully saturated rings. The second-order valence-electron chi connectivity index (χ2n) is 10.5. The lowest BCUT2D eigenvalue weighted by atomic mass is 10.1. The molecular weight excluding hydrogens is 531 g/mol. The Kier molecular flexibility index (Phi) is 7.38. The summed E-state index contributed by atoms with van der Waals surface area (Å²) < 4.78 is 47.8. The van der Waals surface area contributed by atoms with Crippen LogP contribution in [0.3, 0.4) is 0 Å². The number of nitrogens with zero attached hydrogens (tertiary/aromatic N) is 4. The zero-order valence-electron chi connectivity index (χ0n) is 22.5. The van der Waals surface area contributed by atoms with Crippen molar-refractivity contribution in [2.24, 2.45) is 0 Å². The molecule has 2 saturated heterocycles. The third-order valence-corrected chi connectivity index (χ3v) is 7.61. The van der Waals surface area contributed by atoms with E-state index in [1.165, 1.54) is 12.1 Å². The number of carbonyl (C=O) groups is 1. The average Bonchev–Trinajstić information content (AvgIpc) is 2.98. The fourth-order valence-electron chi connectivity index (χ4n) is 5.39. The number of aromatic nitrogens is 2. The standard InChI is InChI=1S/C31H30F3N5O2/c32-22-18-21(19-23(20-22)38-14-4-1-5-15-38)29(40)36-26-8-9-27(25-7-3-2-6-24(25)26)41-28-10-13-35-30(37-28)39-16-11-31(33,34)12-17-39/h2-3,6-10,13,18-20H,1,4-5,11-12,14-17H2,(H,36,40). The lowest BCUT2D eigenvalue weighted by molar-refractivity contribution is -0.0222. The van der Waals surface area contributed by atoms with Gasteiger partial charge in [0.05, 0.1) is 0 Å². The quantitative estimate of drug-likeness (QED) is 0.272. The van der Waals surface area contributed by atoms with Crippen LogP contribution in [-0.2, 0) is 0 Å². The van der Waals surface area contributed by atoms with E-state index in [0.717, 1.165) is 43.1 Å². The number of fused-ring (bicyclic) bond motifs is 1. The van der Waals surface area contributed by atoms with Crippen molar-refractivity contribution in [3.8, 4) is 11.6 Å². The molecule has 3 aromatic carbocycles. The normalized spacial score (nSPS) is 17.0. The zero-order chi connectivity index (χ0) is 28.4. The molecule has 2 aliphatic rings. The molecule has 6 rings (SSSR count). The number of alkyl halides is 2. The molecule has 0 unspecified atom stereocenters. The SMILES string of the molecule is O=C(Nc1ccc(Oc2ccnc(N3CCC(F)(F)CC3)n2)c2ccccc12)c1cc(F)cc(N2CCCCC2)c1. The Balaban J connectivity index is 1.22. The van der Waals surface area contributed by atoms with E-state index in [4.69, 9.17) is 4.74 Å². The van der Waals surface area contributed by atoms with Crippen LogP contribution in [0, 0.1) is 5.82 Å². The molecule has 3 heterocycles. The van der Waals surface area contributed by atoms with Crippen molar-refractivity contribution < 1.29 is 22.7 Å². The molecule has 41 heavy (non-hydrogen) atoms. The van der Waals surface area contributed by atoms with Gasteiger partial charge >= 0.3 is 0 Å². The number of ether oxygens (including phenoxy) is 1. The summed E-state index contributed by atoms with van der Waals surface area (Å²) in [5, 5.41) is 4.40. The van der Waals surface area contributed by atoms with Crippen LogP contribution < -0.4 is 19.9 Å². The smallest absolute Gasteiger partial charge is 0.255 e. The highest BCUT2D eigenvalue weighted by molar-refractivity contribution is 6.10. The van der Waals surface area contributed by atoms with Crippen LogP contribution >= 0.6 is 0 Å². The van der Waals surface area contributed by atoms with E-state index in [9.17, 15) is 18.0 Å². The maximum Gasteiger partial charge on any atom is 0.255 e. The van der Waals surface area contributed by atoms with Crippen molar-refractivity contribution in [3.63, 3.8) is 0 Å². The summed E-state index contributed by atoms with van der Waals surface area (Å²) in [4.78, 5) is 25.8. The molecule has 0 radical (unpaired) electrons. The van der Waals surface area contributed by atoms with Gasteiger partial charge in [0.25, 0.3) is 11.8 Å². The van der Waals surface area contributed by atoms with Crippen LogP contribution in [0.25, 0.3) is 10.8 Å². The van der Waals surface area contributed by atoms with E-state index < -0.39 is 17.6 Å². The largest absolute Gasteiger partial charge is 0.438 e. The van der Waals surface area contributed by atoms with Gasteiger partial charge in [0.2, 0.25) is 11.8 Å². The predicted molar refractivity (Wildman–Crippen MR) is 153 cm³/mol. The first-order valence-electron chi connectivity index (χ1n) is 13.9. The van der Waals surface area contributed by atoms with Gasteiger partial charge in [-0.2, -0.15) is 4.98 Å². The van der Waals surface area contributed by atoms with E-state index >= 15 is 0 Å². The van der Waals surface area contributed by atoms with Gasteiger partial charge in [0.15, 0.2) is 0 Å². The van der Waals surface area contributed by atoms with Crippen LogP contribution in [-0.4, -0.2) is 48.0 Å². The number of amides is 1. The monoisotopic (exact) mass is 561 g/mol. The third kappa shape index (κ3) is 6.06. The van der Waals surface area contributed by atoms with Crippen LogP contribution in [0.2, 0.25) is 0 Å². The van der Waals surface area contributed by atoms with Crippen LogP contribution in [0.15, 0.2) is 66.9 Å². The molecular formula is C31H30F3N5O2. The van der Waals surface area contributed by atoms with Gasteiger partial charge in [-0.1, -0.05) is 24.3 Å². The minimum absolute atomic E-state index is 0.165. The van der Waals surface area contributed by atoms with Crippen molar-refractivity contribution in [2.75, 3.05) is 41.3 Å². The summed E-state index contributed by atoms with van der Waals surface area (Å²) in [6.45, 7) is 2.02. The molecule has 4 aromatic rings. The van der Waals surface area contributed by atoms with Gasteiger partial charge in [0, 0.05) is 79.0 Å². The highest BCUT2D eigenvalue weighted by Crippen LogP contribution is 2.35. The van der Waals surface area contributed by atoms with Gasteiger partial charge in [-0.15, -0.1) is 0 Å². The summed E-state index contributed by atoms with van der Waals surface area (Å²) in [6, 6.07) is 17.0. The van der Waals surface area contributed by atoms with E-state index in [2.05, 4.69) is 20.2 Å². The van der Waals surface area contributed by atoms with Crippen molar-refractivity contribution in [1.29, 1.82) is 0 Å². The highest BCUT2D eigenvalue weighted by atomic mass is 19.3. The average molecular weight is 562 g/mol. The second kappa shape index (κ2) is 11.3. The number of anilines is 3. The molecule has 10 heteroatoms. The molecule has 1 amide bonds. The highest BCUT2D eigenvalue weighted by Gasteiger charge is 2.34. The Morgan fingerprint density at radius 1 is 0.878 bits per heavy atom. The van der Waals surface area contributed by atoms with Crippen molar-refractivity contribution in [1.82, 2.24) is 9.97 Å². The van der Waals surface area contributed by atoms with Gasteiger partial charge in [0.1, 0.15) is 11.6 Å². The Labute approximate surface area is 236 Å². The molecule has 0 bridgehead atoms. The lowest BCUT2D eigenvalue weighted by Gasteiger charge is -2.31. The van der Waals surface area contributed by atoms with Gasteiger partial charge in [-0.3, -0.25) is 4.79 Å². The molecule has 0 spiro atoms. The maximum absolute atomic E-state index is 14.5. The Morgan fingerprint density at radius 3 is 2.41 bits per heavy atom. The maximum atomic E-state index is 14.5. The first-order chi connectivity index (χ1) is 19.8. The number of hydrogen-bond acceptors (Lipinski definition) is 6. The van der Waals surface area contributed by atoms with Gasteiger partial charge < -0.3 is 19.9 Å². The molecule has 212 valence electrons. The Hall–Kier alpha value is -4.34. The fraction of sp³-hybridized carbons (Fsp3) is 0.323. The molecule has 2 aliphatic heterocycles. The predicted octanol–water partition coefficient (Wildman–Crippen LogP) is 7.04. The zero-order valence-corrected chi connectivity index (χ0v) is 22.5. The summed E-state index contributed by atoms with van der Waals surface area (Å²) in [5.74, 6) is -2.40. The first kappa shape index (κ1) is 26.9. The fourth-order valence-corrected chi connectivity index (χ4v) is 5.39. The number of piperidine rings is 2. The number of halogens is 3. The van der Waals surface area contributed by atoms with Crippen molar-refractivity contribution in [3.05, 3.63) is 78.2 Å². The minimum atomic E-state index is -2.66. The number of carbonyl (C=O) groups excluding carboxylic acids is 1. The third-order valence-electron chi connectivity index (χ3n) is 7.61. The Morgan fingerprint density at radius 2 is 1.63 bits per heavy atom. The van der Waals surface area contributed by atoms with Crippen molar-refractivity contribution in [2.45, 2.75) is 38.0 Å². The number of hydrogen-bond donors (Lipinski definition) is 1. The summed E-state index contributed by atoms with van der Waals surface area (Å²) in [5.41, 5.74) is 1.52. The van der Waals surface area contributed by atoms with E-state index in [0.29, 0.717) is 23.1 Å². The van der Waals surface area contributed by atoms with Crippen LogP contribution in [0.1, 0.15) is 42.5 Å². The van der Waals surface area contributed by atoms with E-state index in [-0.39, 0.29) is 37.4 Å². The molecule has 1 N–H and O–H groups in total. The number of rotatable bonds is 6. The molecule has 0 atom stereocenters. The Bertz CT molecular complexity index is 1560. The second-order valence-corrected chi connectivity index (χ2v) is 10.5. The summed E-state index contributed by atoms with van der Waals surface area (Å²) in [7, 11) is 0. The van der Waals surface area contributed by atoms with Crippen molar-refractivity contribution >= 4 is 34.0 Å². The van der Waals surface area contributed by atoms with E-state index in [1.54, 1.807) is 35.4 Å².